The van der Waals surface area contributed by atoms with Crippen LogP contribution in [0.5, 0.6) is 0 Å². The first-order chi connectivity index (χ1) is 14.4. The largest absolute Gasteiger partial charge is 0.352 e. The van der Waals surface area contributed by atoms with Gasteiger partial charge in [-0.3, -0.25) is 14.5 Å². The predicted octanol–water partition coefficient (Wildman–Crippen LogP) is 3.73. The summed E-state index contributed by atoms with van der Waals surface area (Å²) >= 11 is 1.65. The Balaban J connectivity index is 1.68. The predicted molar refractivity (Wildman–Crippen MR) is 113 cm³/mol. The van der Waals surface area contributed by atoms with E-state index in [-0.39, 0.29) is 17.9 Å². The number of carbonyl (C=O) groups is 2. The van der Waals surface area contributed by atoms with E-state index in [1.807, 2.05) is 11.4 Å². The fourth-order valence-electron chi connectivity index (χ4n) is 3.71. The maximum atomic E-state index is 13.9. The van der Waals surface area contributed by atoms with Gasteiger partial charge in [0.15, 0.2) is 0 Å². The minimum absolute atomic E-state index is 0.0731. The van der Waals surface area contributed by atoms with E-state index < -0.39 is 29.1 Å². The van der Waals surface area contributed by atoms with Crippen molar-refractivity contribution in [2.75, 3.05) is 19.6 Å². The molecular formula is C22H27F2N3O2S. The number of halogens is 2. The number of nitrogens with zero attached hydrogens (tertiary/aromatic N) is 1. The van der Waals surface area contributed by atoms with Gasteiger partial charge in [0.25, 0.3) is 5.91 Å². The molecule has 2 aromatic rings. The van der Waals surface area contributed by atoms with Gasteiger partial charge in [-0.2, -0.15) is 0 Å². The molecule has 0 spiro atoms. The van der Waals surface area contributed by atoms with Gasteiger partial charge in [0.2, 0.25) is 5.91 Å². The van der Waals surface area contributed by atoms with E-state index in [2.05, 4.69) is 21.6 Å². The minimum Gasteiger partial charge on any atom is -0.352 e. The molecule has 0 unspecified atom stereocenters. The average molecular weight is 436 g/mol. The van der Waals surface area contributed by atoms with E-state index in [1.54, 1.807) is 25.2 Å². The molecule has 2 N–H and O–H groups in total. The number of likely N-dealkylation sites (tertiary alicyclic amines) is 1. The first kappa shape index (κ1) is 22.4. The standard InChI is InChI=1S/C22H27F2N3O2S/c1-14(2)20(26-21(28)19-15(23)7-5-8-16(19)24)22(29)25-13-17(18-9-6-12-30-18)27-10-3-4-11-27/h5-9,12,14,17,20H,3-4,10-11,13H2,1-2H3,(H,25,29)(H,26,28)/t17-,20+/m1/s1. The molecule has 1 aromatic carbocycles. The van der Waals surface area contributed by atoms with Crippen molar-refractivity contribution in [3.05, 3.63) is 57.8 Å². The normalized spacial score (nSPS) is 16.4. The van der Waals surface area contributed by atoms with E-state index in [0.29, 0.717) is 6.54 Å². The molecule has 1 aliphatic heterocycles. The van der Waals surface area contributed by atoms with Crippen LogP contribution in [0.3, 0.4) is 0 Å². The topological polar surface area (TPSA) is 61.4 Å². The van der Waals surface area contributed by atoms with E-state index in [9.17, 15) is 18.4 Å². The van der Waals surface area contributed by atoms with Crippen molar-refractivity contribution in [1.82, 2.24) is 15.5 Å². The molecule has 1 fully saturated rings. The van der Waals surface area contributed by atoms with E-state index >= 15 is 0 Å². The molecule has 8 heteroatoms. The number of carbonyl (C=O) groups excluding carboxylic acids is 2. The third-order valence-corrected chi connectivity index (χ3v) is 6.32. The summed E-state index contributed by atoms with van der Waals surface area (Å²) in [4.78, 5) is 28.9. The Bertz CT molecular complexity index is 847. The van der Waals surface area contributed by atoms with Crippen LogP contribution in [0.25, 0.3) is 0 Å². The van der Waals surface area contributed by atoms with Gasteiger partial charge in [-0.05, 0) is 55.4 Å². The van der Waals surface area contributed by atoms with Gasteiger partial charge in [-0.25, -0.2) is 8.78 Å². The van der Waals surface area contributed by atoms with Crippen LogP contribution in [-0.4, -0.2) is 42.4 Å². The highest BCUT2D eigenvalue weighted by Crippen LogP contribution is 2.28. The second-order valence-corrected chi connectivity index (χ2v) is 8.79. The number of nitrogens with one attached hydrogen (secondary N) is 2. The highest BCUT2D eigenvalue weighted by Gasteiger charge is 2.29. The summed E-state index contributed by atoms with van der Waals surface area (Å²) in [5.74, 6) is -3.47. The molecular weight excluding hydrogens is 408 g/mol. The van der Waals surface area contributed by atoms with Crippen molar-refractivity contribution in [2.24, 2.45) is 5.92 Å². The number of amides is 2. The minimum atomic E-state index is -0.956. The van der Waals surface area contributed by atoms with Gasteiger partial charge in [0, 0.05) is 11.4 Å². The number of hydrogen-bond donors (Lipinski definition) is 2. The highest BCUT2D eigenvalue weighted by molar-refractivity contribution is 7.10. The summed E-state index contributed by atoms with van der Waals surface area (Å²) in [5, 5.41) is 7.45. The molecule has 5 nitrogen and oxygen atoms in total. The summed E-state index contributed by atoms with van der Waals surface area (Å²) in [5.41, 5.74) is -0.676. The zero-order chi connectivity index (χ0) is 21.7. The molecule has 2 atom stereocenters. The molecule has 0 radical (unpaired) electrons. The second-order valence-electron chi connectivity index (χ2n) is 7.81. The number of thiophene rings is 1. The Morgan fingerprint density at radius 3 is 2.33 bits per heavy atom. The lowest BCUT2D eigenvalue weighted by Gasteiger charge is -2.28. The van der Waals surface area contributed by atoms with Gasteiger partial charge in [-0.15, -0.1) is 11.3 Å². The van der Waals surface area contributed by atoms with Gasteiger partial charge >= 0.3 is 0 Å². The van der Waals surface area contributed by atoms with Crippen molar-refractivity contribution < 1.29 is 18.4 Å². The van der Waals surface area contributed by atoms with Gasteiger partial charge < -0.3 is 10.6 Å². The van der Waals surface area contributed by atoms with E-state index in [1.165, 1.54) is 10.9 Å². The van der Waals surface area contributed by atoms with E-state index in [4.69, 9.17) is 0 Å². The van der Waals surface area contributed by atoms with Crippen molar-refractivity contribution in [1.29, 1.82) is 0 Å². The number of hydrogen-bond acceptors (Lipinski definition) is 4. The molecule has 162 valence electrons. The Hall–Kier alpha value is -2.32. The lowest BCUT2D eigenvalue weighted by molar-refractivity contribution is -0.124. The van der Waals surface area contributed by atoms with E-state index in [0.717, 1.165) is 38.1 Å². The van der Waals surface area contributed by atoms with Crippen LogP contribution in [0.2, 0.25) is 0 Å². The van der Waals surface area contributed by atoms with Crippen molar-refractivity contribution in [2.45, 2.75) is 38.8 Å². The van der Waals surface area contributed by atoms with Crippen molar-refractivity contribution in [3.63, 3.8) is 0 Å². The summed E-state index contributed by atoms with van der Waals surface area (Å²) < 4.78 is 27.9. The van der Waals surface area contributed by atoms with Gasteiger partial charge in [-0.1, -0.05) is 26.0 Å². The van der Waals surface area contributed by atoms with Crippen molar-refractivity contribution >= 4 is 23.2 Å². The fraction of sp³-hybridized carbons (Fsp3) is 0.455. The Morgan fingerprint density at radius 2 is 1.77 bits per heavy atom. The number of rotatable bonds is 8. The maximum absolute atomic E-state index is 13.9. The van der Waals surface area contributed by atoms with Crippen LogP contribution < -0.4 is 10.6 Å². The van der Waals surface area contributed by atoms with Crippen LogP contribution >= 0.6 is 11.3 Å². The molecule has 2 amide bonds. The quantitative estimate of drug-likeness (QED) is 0.664. The summed E-state index contributed by atoms with van der Waals surface area (Å²) in [7, 11) is 0. The molecule has 2 heterocycles. The molecule has 1 aliphatic rings. The van der Waals surface area contributed by atoms with Crippen molar-refractivity contribution in [3.8, 4) is 0 Å². The first-order valence-corrected chi connectivity index (χ1v) is 11.1. The molecule has 0 aliphatic carbocycles. The highest BCUT2D eigenvalue weighted by atomic mass is 32.1. The number of benzene rings is 1. The zero-order valence-electron chi connectivity index (χ0n) is 17.2. The molecule has 1 aromatic heterocycles. The Morgan fingerprint density at radius 1 is 1.10 bits per heavy atom. The SMILES string of the molecule is CC(C)[C@H](NC(=O)c1c(F)cccc1F)C(=O)NC[C@H](c1cccs1)N1CCCC1. The van der Waals surface area contributed by atoms with Crippen LogP contribution in [-0.2, 0) is 4.79 Å². The summed E-state index contributed by atoms with van der Waals surface area (Å²) in [6, 6.07) is 6.45. The second kappa shape index (κ2) is 10.1. The van der Waals surface area contributed by atoms with Gasteiger partial charge in [0.05, 0.1) is 6.04 Å². The lowest BCUT2D eigenvalue weighted by atomic mass is 10.0. The van der Waals surface area contributed by atoms with Crippen LogP contribution in [0.15, 0.2) is 35.7 Å². The first-order valence-electron chi connectivity index (χ1n) is 10.2. The monoisotopic (exact) mass is 435 g/mol. The molecule has 0 bridgehead atoms. The lowest BCUT2D eigenvalue weighted by Crippen LogP contribution is -2.51. The average Bonchev–Trinajstić information content (AvgIpc) is 3.40. The maximum Gasteiger partial charge on any atom is 0.257 e. The van der Waals surface area contributed by atoms with Crippen LogP contribution in [0.4, 0.5) is 8.78 Å². The third-order valence-electron chi connectivity index (χ3n) is 5.35. The molecule has 3 rings (SSSR count). The summed E-state index contributed by atoms with van der Waals surface area (Å²) in [6.07, 6.45) is 2.27. The summed E-state index contributed by atoms with van der Waals surface area (Å²) in [6.45, 7) is 5.93. The third kappa shape index (κ3) is 5.23. The van der Waals surface area contributed by atoms with Crippen LogP contribution in [0, 0.1) is 17.6 Å². The molecule has 0 saturated carbocycles. The Kier molecular flexibility index (Phi) is 7.55. The Labute approximate surface area is 179 Å². The fourth-order valence-corrected chi connectivity index (χ4v) is 4.57. The molecule has 30 heavy (non-hydrogen) atoms. The van der Waals surface area contributed by atoms with Gasteiger partial charge in [0.1, 0.15) is 23.2 Å². The smallest absolute Gasteiger partial charge is 0.257 e. The zero-order valence-corrected chi connectivity index (χ0v) is 18.0. The molecule has 1 saturated heterocycles. The van der Waals surface area contributed by atoms with Crippen LogP contribution in [0.1, 0.15) is 48.0 Å².